The van der Waals surface area contributed by atoms with E-state index in [-0.39, 0.29) is 22.9 Å². The highest BCUT2D eigenvalue weighted by Gasteiger charge is 2.31. The van der Waals surface area contributed by atoms with Crippen LogP contribution in [0.4, 0.5) is 50.9 Å². The van der Waals surface area contributed by atoms with Crippen LogP contribution in [0.1, 0.15) is 32.8 Å². The minimum Gasteiger partial charge on any atom is -0.444 e. The van der Waals surface area contributed by atoms with Gasteiger partial charge in [-0.05, 0) is 78.2 Å². The molecule has 0 saturated carbocycles. The van der Waals surface area contributed by atoms with Crippen molar-refractivity contribution in [3.8, 4) is 11.1 Å². The minimum atomic E-state index is -4.59. The Bertz CT molecular complexity index is 1600. The lowest BCUT2D eigenvalue weighted by Crippen LogP contribution is -2.27. The highest BCUT2D eigenvalue weighted by atomic mass is 19.4. The topological polar surface area (TPSA) is 109 Å². The molecule has 0 saturated heterocycles. The first-order valence-corrected chi connectivity index (χ1v) is 13.7. The van der Waals surface area contributed by atoms with Crippen molar-refractivity contribution in [2.24, 2.45) is 0 Å². The summed E-state index contributed by atoms with van der Waals surface area (Å²) in [4.78, 5) is 22.6. The average molecular weight is 615 g/mol. The molecule has 234 valence electrons. The van der Waals surface area contributed by atoms with Gasteiger partial charge in [0.1, 0.15) is 23.6 Å². The standard InChI is InChI=1S/C30H34F4N8O2/c1-29(2,3)44-28(43)39-20-8-10-24(31)26(14-20)40-27-23(16-35-18-36-27)22-9-7-19(30(32,33)34)13-25(22)38-21-15-37-42(17-21)12-6-11-41(4)5/h7-10,13-18,38H,6,11-12H2,1-5H3,(H,39,43)(H,35,36,40). The molecule has 2 heterocycles. The van der Waals surface area contributed by atoms with Gasteiger partial charge in [0.2, 0.25) is 0 Å². The summed E-state index contributed by atoms with van der Waals surface area (Å²) in [5.41, 5.74) is -0.172. The molecule has 14 heteroatoms. The molecule has 4 rings (SSSR count). The molecule has 1 amide bonds. The molecule has 0 aliphatic heterocycles. The molecular formula is C30H34F4N8O2. The molecule has 0 aliphatic rings. The summed E-state index contributed by atoms with van der Waals surface area (Å²) in [5, 5.41) is 12.8. The smallest absolute Gasteiger partial charge is 0.416 e. The summed E-state index contributed by atoms with van der Waals surface area (Å²) in [6, 6.07) is 7.10. The van der Waals surface area contributed by atoms with Crippen LogP contribution < -0.4 is 16.0 Å². The van der Waals surface area contributed by atoms with Gasteiger partial charge in [-0.2, -0.15) is 18.3 Å². The molecule has 0 fully saturated rings. The van der Waals surface area contributed by atoms with Gasteiger partial charge in [0.15, 0.2) is 0 Å². The Labute approximate surface area is 252 Å². The van der Waals surface area contributed by atoms with E-state index >= 15 is 0 Å². The predicted octanol–water partition coefficient (Wildman–Crippen LogP) is 7.28. The number of halogens is 4. The lowest BCUT2D eigenvalue weighted by atomic mass is 10.0. The van der Waals surface area contributed by atoms with Crippen LogP contribution >= 0.6 is 0 Å². The molecule has 2 aromatic heterocycles. The van der Waals surface area contributed by atoms with Crippen molar-refractivity contribution in [2.75, 3.05) is 36.6 Å². The number of amides is 1. The summed E-state index contributed by atoms with van der Waals surface area (Å²) in [7, 11) is 3.93. The van der Waals surface area contributed by atoms with Crippen LogP contribution in [-0.4, -0.2) is 57.0 Å². The third-order valence-corrected chi connectivity index (χ3v) is 6.12. The van der Waals surface area contributed by atoms with Gasteiger partial charge in [0.05, 0.1) is 23.1 Å². The van der Waals surface area contributed by atoms with E-state index in [2.05, 4.69) is 31.0 Å². The molecule has 44 heavy (non-hydrogen) atoms. The number of carbonyl (C=O) groups is 1. The summed E-state index contributed by atoms with van der Waals surface area (Å²) in [6.45, 7) is 6.62. The Morgan fingerprint density at radius 3 is 2.45 bits per heavy atom. The fraction of sp³-hybridized carbons (Fsp3) is 0.333. The zero-order valence-corrected chi connectivity index (χ0v) is 25.0. The number of benzene rings is 2. The third kappa shape index (κ3) is 8.89. The van der Waals surface area contributed by atoms with Crippen molar-refractivity contribution >= 4 is 34.7 Å². The molecule has 0 bridgehead atoms. The number of alkyl halides is 3. The number of hydrogen-bond donors (Lipinski definition) is 3. The Morgan fingerprint density at radius 2 is 1.75 bits per heavy atom. The Morgan fingerprint density at radius 1 is 0.977 bits per heavy atom. The number of hydrogen-bond acceptors (Lipinski definition) is 8. The maximum absolute atomic E-state index is 14.9. The Kier molecular flexibility index (Phi) is 9.72. The molecule has 0 atom stereocenters. The lowest BCUT2D eigenvalue weighted by Gasteiger charge is -2.20. The van der Waals surface area contributed by atoms with E-state index < -0.39 is 29.3 Å². The second kappa shape index (κ2) is 13.3. The second-order valence-corrected chi connectivity index (χ2v) is 11.3. The first kappa shape index (κ1) is 32.2. The Balaban J connectivity index is 1.65. The van der Waals surface area contributed by atoms with Crippen molar-refractivity contribution < 1.29 is 27.1 Å². The molecule has 0 unspecified atom stereocenters. The summed E-state index contributed by atoms with van der Waals surface area (Å²) >= 11 is 0. The molecule has 10 nitrogen and oxygen atoms in total. The maximum atomic E-state index is 14.9. The van der Waals surface area contributed by atoms with Crippen molar-refractivity contribution in [3.05, 3.63) is 72.7 Å². The molecule has 0 aliphatic carbocycles. The maximum Gasteiger partial charge on any atom is 0.416 e. The van der Waals surface area contributed by atoms with Crippen LogP contribution in [0, 0.1) is 5.82 Å². The van der Waals surface area contributed by atoms with Gasteiger partial charge in [-0.15, -0.1) is 0 Å². The number of nitrogens with one attached hydrogen (secondary N) is 3. The van der Waals surface area contributed by atoms with Gasteiger partial charge in [-0.1, -0.05) is 6.07 Å². The minimum absolute atomic E-state index is 0.0427. The number of rotatable bonds is 10. The monoisotopic (exact) mass is 614 g/mol. The third-order valence-electron chi connectivity index (χ3n) is 6.12. The summed E-state index contributed by atoms with van der Waals surface area (Å²) in [5.74, 6) is -0.535. The van der Waals surface area contributed by atoms with Crippen molar-refractivity contribution in [3.63, 3.8) is 0 Å². The number of nitrogens with zero attached hydrogens (tertiary/aromatic N) is 5. The van der Waals surface area contributed by atoms with Gasteiger partial charge in [-0.25, -0.2) is 19.2 Å². The summed E-state index contributed by atoms with van der Waals surface area (Å²) in [6.07, 6.45) is 1.39. The van der Waals surface area contributed by atoms with Crippen molar-refractivity contribution in [1.29, 1.82) is 0 Å². The van der Waals surface area contributed by atoms with Crippen LogP contribution in [0.2, 0.25) is 0 Å². The molecule has 2 aromatic carbocycles. The van der Waals surface area contributed by atoms with Gasteiger partial charge < -0.3 is 20.3 Å². The van der Waals surface area contributed by atoms with E-state index in [1.165, 1.54) is 36.9 Å². The quantitative estimate of drug-likeness (QED) is 0.160. The Hall–Kier alpha value is -4.72. The van der Waals surface area contributed by atoms with Crippen molar-refractivity contribution in [1.82, 2.24) is 24.6 Å². The van der Waals surface area contributed by atoms with E-state index in [0.29, 0.717) is 23.4 Å². The number of aromatic nitrogens is 4. The van der Waals surface area contributed by atoms with Crippen molar-refractivity contribution in [2.45, 2.75) is 45.5 Å². The number of anilines is 5. The highest BCUT2D eigenvalue weighted by molar-refractivity contribution is 5.89. The van der Waals surface area contributed by atoms with Gasteiger partial charge >= 0.3 is 12.3 Å². The summed E-state index contributed by atoms with van der Waals surface area (Å²) < 4.78 is 63.0. The van der Waals surface area contributed by atoms with Crippen LogP contribution in [0.3, 0.4) is 0 Å². The number of carbonyl (C=O) groups excluding carboxylic acids is 1. The molecule has 0 radical (unpaired) electrons. The largest absolute Gasteiger partial charge is 0.444 e. The molecule has 4 aromatic rings. The van der Waals surface area contributed by atoms with Gasteiger partial charge in [-0.3, -0.25) is 10.00 Å². The van der Waals surface area contributed by atoms with Crippen LogP contribution in [0.5, 0.6) is 0 Å². The first-order chi connectivity index (χ1) is 20.7. The average Bonchev–Trinajstić information content (AvgIpc) is 3.36. The van der Waals surface area contributed by atoms with Crippen LogP contribution in [0.25, 0.3) is 11.1 Å². The normalized spacial score (nSPS) is 11.9. The van der Waals surface area contributed by atoms with Gasteiger partial charge in [0.25, 0.3) is 0 Å². The molecule has 0 spiro atoms. The van der Waals surface area contributed by atoms with Gasteiger partial charge in [0, 0.05) is 41.4 Å². The molecular weight excluding hydrogens is 580 g/mol. The van der Waals surface area contributed by atoms with E-state index in [0.717, 1.165) is 31.2 Å². The van der Waals surface area contributed by atoms with E-state index in [4.69, 9.17) is 4.74 Å². The van der Waals surface area contributed by atoms with Crippen LogP contribution in [-0.2, 0) is 17.5 Å². The predicted molar refractivity (Wildman–Crippen MR) is 161 cm³/mol. The van der Waals surface area contributed by atoms with E-state index in [1.54, 1.807) is 31.6 Å². The zero-order chi connectivity index (χ0) is 32.1. The second-order valence-electron chi connectivity index (χ2n) is 11.3. The fourth-order valence-electron chi connectivity index (χ4n) is 4.19. The SMILES string of the molecule is CN(C)CCCn1cc(Nc2cc(C(F)(F)F)ccc2-c2cncnc2Nc2cc(NC(=O)OC(C)(C)C)ccc2F)cn1. The fourth-order valence-corrected chi connectivity index (χ4v) is 4.19. The number of aryl methyl sites for hydroxylation is 1. The van der Waals surface area contributed by atoms with E-state index in [9.17, 15) is 22.4 Å². The lowest BCUT2D eigenvalue weighted by molar-refractivity contribution is -0.137. The first-order valence-electron chi connectivity index (χ1n) is 13.7. The zero-order valence-electron chi connectivity index (χ0n) is 25.0. The highest BCUT2D eigenvalue weighted by Crippen LogP contribution is 2.39. The van der Waals surface area contributed by atoms with Crippen LogP contribution in [0.15, 0.2) is 61.3 Å². The van der Waals surface area contributed by atoms with E-state index in [1.807, 2.05) is 19.0 Å². The number of ether oxygens (including phenoxy) is 1. The molecule has 3 N–H and O–H groups in total.